The minimum atomic E-state index is -1.50. The second-order valence-corrected chi connectivity index (χ2v) is 7.98. The molecule has 3 atom stereocenters. The number of nitriles is 1. The second kappa shape index (κ2) is 7.27. The zero-order valence-corrected chi connectivity index (χ0v) is 16.9. The van der Waals surface area contributed by atoms with Gasteiger partial charge < -0.3 is 5.32 Å². The average Bonchev–Trinajstić information content (AvgIpc) is 3.35. The monoisotopic (exact) mass is 394 g/mol. The Morgan fingerprint density at radius 3 is 2.17 bits per heavy atom. The minimum absolute atomic E-state index is 0.196. The molecule has 0 aliphatic heterocycles. The maximum atomic E-state index is 13.6. The molecule has 1 fully saturated rings. The van der Waals surface area contributed by atoms with Gasteiger partial charge in [-0.15, -0.1) is 0 Å². The zero-order chi connectivity index (χ0) is 21.4. The summed E-state index contributed by atoms with van der Waals surface area (Å²) >= 11 is 0. The first-order valence-electron chi connectivity index (χ1n) is 9.89. The molecule has 0 radical (unpaired) electrons. The van der Waals surface area contributed by atoms with E-state index in [1.807, 2.05) is 61.5 Å². The fourth-order valence-electron chi connectivity index (χ4n) is 4.60. The van der Waals surface area contributed by atoms with Crippen molar-refractivity contribution in [3.8, 4) is 6.07 Å². The summed E-state index contributed by atoms with van der Waals surface area (Å²) in [4.78, 5) is 27.1. The highest BCUT2D eigenvalue weighted by Gasteiger charge is 2.82. The van der Waals surface area contributed by atoms with Gasteiger partial charge in [-0.05, 0) is 37.1 Å². The van der Waals surface area contributed by atoms with E-state index >= 15 is 0 Å². The third-order valence-electron chi connectivity index (χ3n) is 6.20. The summed E-state index contributed by atoms with van der Waals surface area (Å²) in [5.41, 5.74) is 0.260. The van der Waals surface area contributed by atoms with E-state index in [4.69, 9.17) is 0 Å². The first kappa shape index (κ1) is 19.6. The van der Waals surface area contributed by atoms with Crippen molar-refractivity contribution in [3.05, 3.63) is 102 Å². The van der Waals surface area contributed by atoms with Crippen LogP contribution in [0.2, 0.25) is 0 Å². The molecular formula is C26H22N2O2. The predicted molar refractivity (Wildman–Crippen MR) is 116 cm³/mol. The molecule has 4 nitrogen and oxygen atoms in total. The maximum absolute atomic E-state index is 13.6. The Bertz CT molecular complexity index is 1150. The first-order valence-corrected chi connectivity index (χ1v) is 9.89. The molecular weight excluding hydrogens is 372 g/mol. The summed E-state index contributed by atoms with van der Waals surface area (Å²) in [6, 6.07) is 27.9. The van der Waals surface area contributed by atoms with Crippen LogP contribution in [0.15, 0.2) is 84.9 Å². The Morgan fingerprint density at radius 1 is 0.933 bits per heavy atom. The molecule has 1 saturated carbocycles. The van der Waals surface area contributed by atoms with Gasteiger partial charge in [-0.3, -0.25) is 9.59 Å². The molecule has 3 aromatic rings. The molecule has 0 spiro atoms. The number of nitrogens with zero attached hydrogens (tertiary/aromatic N) is 1. The average molecular weight is 394 g/mol. The van der Waals surface area contributed by atoms with Gasteiger partial charge >= 0.3 is 0 Å². The number of hydrogen-bond donors (Lipinski definition) is 1. The van der Waals surface area contributed by atoms with Crippen molar-refractivity contribution in [2.24, 2.45) is 10.8 Å². The van der Waals surface area contributed by atoms with Gasteiger partial charge in [0, 0.05) is 17.2 Å². The van der Waals surface area contributed by atoms with Crippen molar-refractivity contribution in [2.45, 2.75) is 19.8 Å². The van der Waals surface area contributed by atoms with Crippen LogP contribution in [-0.4, -0.2) is 11.7 Å². The summed E-state index contributed by atoms with van der Waals surface area (Å²) in [6.45, 7) is 3.67. The number of amides is 1. The largest absolute Gasteiger partial charge is 0.325 e. The van der Waals surface area contributed by atoms with Crippen LogP contribution in [-0.2, 0) is 4.79 Å². The number of aryl methyl sites for hydroxylation is 1. The van der Waals surface area contributed by atoms with Gasteiger partial charge in [0.1, 0.15) is 0 Å². The molecule has 1 amide bonds. The maximum Gasteiger partial charge on any atom is 0.246 e. The van der Waals surface area contributed by atoms with Gasteiger partial charge in [-0.25, -0.2) is 0 Å². The van der Waals surface area contributed by atoms with Crippen LogP contribution in [0.4, 0.5) is 5.69 Å². The Morgan fingerprint density at radius 2 is 1.57 bits per heavy atom. The topological polar surface area (TPSA) is 70.0 Å². The Labute approximate surface area is 176 Å². The van der Waals surface area contributed by atoms with E-state index in [0.29, 0.717) is 11.3 Å². The van der Waals surface area contributed by atoms with E-state index in [1.165, 1.54) is 0 Å². The summed E-state index contributed by atoms with van der Waals surface area (Å²) in [5, 5.41) is 13.1. The summed E-state index contributed by atoms with van der Waals surface area (Å²) in [6.07, 6.45) is 0. The molecule has 0 saturated heterocycles. The number of hydrogen-bond acceptors (Lipinski definition) is 3. The van der Waals surface area contributed by atoms with Gasteiger partial charge in [-0.2, -0.15) is 5.26 Å². The number of benzene rings is 3. The van der Waals surface area contributed by atoms with E-state index in [1.54, 1.807) is 37.3 Å². The van der Waals surface area contributed by atoms with Crippen molar-refractivity contribution in [3.63, 3.8) is 0 Å². The smallest absolute Gasteiger partial charge is 0.246 e. The van der Waals surface area contributed by atoms with Crippen molar-refractivity contribution < 1.29 is 9.59 Å². The quantitative estimate of drug-likeness (QED) is 0.610. The molecule has 148 valence electrons. The van der Waals surface area contributed by atoms with Gasteiger partial charge in [0.25, 0.3) is 0 Å². The lowest BCUT2D eigenvalue weighted by Crippen LogP contribution is -2.31. The molecule has 1 aliphatic carbocycles. The van der Waals surface area contributed by atoms with Crippen LogP contribution < -0.4 is 5.32 Å². The van der Waals surface area contributed by atoms with Crippen LogP contribution >= 0.6 is 0 Å². The lowest BCUT2D eigenvalue weighted by molar-refractivity contribution is -0.120. The Kier molecular flexibility index (Phi) is 4.75. The standard InChI is InChI=1S/C26H22N2O2/c1-18-10-9-15-21(16-18)28-24(30)26(17-27)22(19-11-5-3-6-12-19)25(26,2)23(29)20-13-7-4-8-14-20/h3-16,22H,1-2H3,(H,28,30)/t22-,25+,26-/m1/s1. The molecule has 0 unspecified atom stereocenters. The van der Waals surface area contributed by atoms with Crippen molar-refractivity contribution in [2.75, 3.05) is 5.32 Å². The van der Waals surface area contributed by atoms with Gasteiger partial charge in [0.05, 0.1) is 11.5 Å². The second-order valence-electron chi connectivity index (χ2n) is 7.98. The SMILES string of the molecule is Cc1cccc(NC(=O)[C@@]2(C#N)[C@H](c3ccccc3)[C@@]2(C)C(=O)c2ccccc2)c1. The highest BCUT2D eigenvalue weighted by Crippen LogP contribution is 2.75. The van der Waals surface area contributed by atoms with Gasteiger partial charge in [0.2, 0.25) is 5.91 Å². The normalized spacial score (nSPS) is 24.5. The number of Topliss-reactive ketones (excluding diaryl/α,β-unsaturated/α-hetero) is 1. The van der Waals surface area contributed by atoms with E-state index in [0.717, 1.165) is 11.1 Å². The fourth-order valence-corrected chi connectivity index (χ4v) is 4.60. The molecule has 3 aromatic carbocycles. The lowest BCUT2D eigenvalue weighted by Gasteiger charge is -2.15. The number of rotatable bonds is 5. The highest BCUT2D eigenvalue weighted by atomic mass is 16.2. The van der Waals surface area contributed by atoms with Crippen molar-refractivity contribution in [1.82, 2.24) is 0 Å². The van der Waals surface area contributed by atoms with E-state index in [2.05, 4.69) is 11.4 Å². The third-order valence-corrected chi connectivity index (χ3v) is 6.20. The van der Waals surface area contributed by atoms with Crippen molar-refractivity contribution >= 4 is 17.4 Å². The van der Waals surface area contributed by atoms with Crippen LogP contribution in [0, 0.1) is 29.1 Å². The summed E-state index contributed by atoms with van der Waals surface area (Å²) in [7, 11) is 0. The van der Waals surface area contributed by atoms with Crippen molar-refractivity contribution in [1.29, 1.82) is 5.26 Å². The molecule has 0 bridgehead atoms. The summed E-state index contributed by atoms with van der Waals surface area (Å²) in [5.74, 6) is -1.18. The first-order chi connectivity index (χ1) is 14.4. The molecule has 1 N–H and O–H groups in total. The lowest BCUT2D eigenvalue weighted by atomic mass is 9.87. The van der Waals surface area contributed by atoms with E-state index in [9.17, 15) is 14.9 Å². The number of anilines is 1. The molecule has 4 rings (SSSR count). The number of carbonyl (C=O) groups excluding carboxylic acids is 2. The molecule has 4 heteroatoms. The van der Waals surface area contributed by atoms with Crippen LogP contribution in [0.3, 0.4) is 0 Å². The number of carbonyl (C=O) groups is 2. The summed E-state index contributed by atoms with van der Waals surface area (Å²) < 4.78 is 0. The number of ketones is 1. The van der Waals surface area contributed by atoms with E-state index in [-0.39, 0.29) is 5.78 Å². The van der Waals surface area contributed by atoms with Crippen LogP contribution in [0.5, 0.6) is 0 Å². The number of nitrogens with one attached hydrogen (secondary N) is 1. The molecule has 30 heavy (non-hydrogen) atoms. The molecule has 0 aromatic heterocycles. The van der Waals surface area contributed by atoms with Crippen LogP contribution in [0.1, 0.15) is 34.3 Å². The van der Waals surface area contributed by atoms with Gasteiger partial charge in [0.15, 0.2) is 11.2 Å². The Hall–Kier alpha value is -3.71. The van der Waals surface area contributed by atoms with Gasteiger partial charge in [-0.1, -0.05) is 72.8 Å². The minimum Gasteiger partial charge on any atom is -0.325 e. The molecule has 1 aliphatic rings. The van der Waals surface area contributed by atoms with Crippen LogP contribution in [0.25, 0.3) is 0 Å². The third kappa shape index (κ3) is 2.83. The zero-order valence-electron chi connectivity index (χ0n) is 16.9. The predicted octanol–water partition coefficient (Wildman–Crippen LogP) is 5.13. The molecule has 0 heterocycles. The highest BCUT2D eigenvalue weighted by molar-refractivity contribution is 6.14. The Balaban J connectivity index is 1.79. The van der Waals surface area contributed by atoms with E-state index < -0.39 is 22.7 Å². The fraction of sp³-hybridized carbons (Fsp3) is 0.192.